The van der Waals surface area contributed by atoms with Gasteiger partial charge in [0.1, 0.15) is 0 Å². The van der Waals surface area contributed by atoms with E-state index in [0.717, 1.165) is 16.2 Å². The Hall–Kier alpha value is -2.44. The number of aryl methyl sites for hydroxylation is 1. The third kappa shape index (κ3) is 5.05. The molecule has 0 amide bonds. The van der Waals surface area contributed by atoms with Crippen molar-refractivity contribution in [2.75, 3.05) is 0 Å². The molecule has 27 heavy (non-hydrogen) atoms. The Morgan fingerprint density at radius 2 is 1.89 bits per heavy atom. The Balaban J connectivity index is 1.89. The first-order valence-electron chi connectivity index (χ1n) is 8.64. The number of ketones is 1. The summed E-state index contributed by atoms with van der Waals surface area (Å²) in [5, 5.41) is 11.0. The average molecular weight is 398 g/mol. The molecule has 0 bridgehead atoms. The van der Waals surface area contributed by atoms with E-state index in [9.17, 15) is 14.9 Å². The quantitative estimate of drug-likeness (QED) is 0.193. The molecule has 0 unspecified atom stereocenters. The van der Waals surface area contributed by atoms with Crippen LogP contribution in [0.4, 0.5) is 5.69 Å². The van der Waals surface area contributed by atoms with Gasteiger partial charge in [-0.15, -0.1) is 23.1 Å². The molecule has 1 heterocycles. The number of Topliss-reactive ketones (excluding diaryl/α,β-unsaturated/α-hetero) is 1. The fourth-order valence-corrected chi connectivity index (χ4v) is 5.21. The summed E-state index contributed by atoms with van der Waals surface area (Å²) in [7, 11) is 0. The molecule has 1 atom stereocenters. The lowest BCUT2D eigenvalue weighted by molar-refractivity contribution is -0.384. The lowest BCUT2D eigenvalue weighted by Gasteiger charge is -2.15. The SMILES string of the molecule is CCc1ccc(S[C@@H](CC(=O)c2ccccc2)c2cccc([N+](=O)[O-])c2)s1. The Kier molecular flexibility index (Phi) is 6.42. The Labute approximate surface area is 166 Å². The molecule has 0 saturated heterocycles. The third-order valence-electron chi connectivity index (χ3n) is 4.16. The first-order chi connectivity index (χ1) is 13.1. The minimum absolute atomic E-state index is 0.0341. The number of nitrogens with zero attached hydrogens (tertiary/aromatic N) is 1. The standard InChI is InChI=1S/C21H19NO3S2/c1-2-18-11-12-21(26-18)27-20(14-19(23)15-7-4-3-5-8-15)16-9-6-10-17(13-16)22(24)25/h3-13,20H,2,14H2,1H3/t20-/m0/s1. The fourth-order valence-electron chi connectivity index (χ4n) is 2.73. The highest BCUT2D eigenvalue weighted by atomic mass is 32.2. The molecule has 0 aliphatic rings. The molecular weight excluding hydrogens is 378 g/mol. The van der Waals surface area contributed by atoms with Crippen molar-refractivity contribution in [2.24, 2.45) is 0 Å². The molecule has 3 rings (SSSR count). The zero-order chi connectivity index (χ0) is 19.2. The zero-order valence-electron chi connectivity index (χ0n) is 14.8. The summed E-state index contributed by atoms with van der Waals surface area (Å²) >= 11 is 3.30. The van der Waals surface area contributed by atoms with Gasteiger partial charge >= 0.3 is 0 Å². The van der Waals surface area contributed by atoms with Crippen LogP contribution in [-0.4, -0.2) is 10.7 Å². The van der Waals surface area contributed by atoms with Crippen LogP contribution >= 0.6 is 23.1 Å². The predicted molar refractivity (Wildman–Crippen MR) is 111 cm³/mol. The predicted octanol–water partition coefficient (Wildman–Crippen LogP) is 6.33. The van der Waals surface area contributed by atoms with Crippen molar-refractivity contribution in [2.45, 2.75) is 29.2 Å². The largest absolute Gasteiger partial charge is 0.294 e. The fraction of sp³-hybridized carbons (Fsp3) is 0.190. The number of nitro benzene ring substituents is 1. The molecule has 4 nitrogen and oxygen atoms in total. The highest BCUT2D eigenvalue weighted by Gasteiger charge is 2.21. The van der Waals surface area contributed by atoms with Crippen LogP contribution in [0.25, 0.3) is 0 Å². The van der Waals surface area contributed by atoms with Crippen molar-refractivity contribution in [1.82, 2.24) is 0 Å². The smallest absolute Gasteiger partial charge is 0.269 e. The van der Waals surface area contributed by atoms with Crippen molar-refractivity contribution >= 4 is 34.6 Å². The summed E-state index contributed by atoms with van der Waals surface area (Å²) in [5.41, 5.74) is 1.50. The van der Waals surface area contributed by atoms with Gasteiger partial charge in [-0.2, -0.15) is 0 Å². The van der Waals surface area contributed by atoms with E-state index in [1.165, 1.54) is 10.9 Å². The van der Waals surface area contributed by atoms with Crippen LogP contribution in [0.15, 0.2) is 70.9 Å². The summed E-state index contributed by atoms with van der Waals surface area (Å²) in [6, 6.07) is 19.9. The summed E-state index contributed by atoms with van der Waals surface area (Å²) in [4.78, 5) is 24.8. The van der Waals surface area contributed by atoms with Gasteiger partial charge in [-0.1, -0.05) is 49.4 Å². The van der Waals surface area contributed by atoms with Gasteiger partial charge in [-0.3, -0.25) is 14.9 Å². The second kappa shape index (κ2) is 8.97. The minimum Gasteiger partial charge on any atom is -0.294 e. The van der Waals surface area contributed by atoms with Crippen LogP contribution in [0.1, 0.15) is 39.4 Å². The molecule has 138 valence electrons. The molecule has 0 fully saturated rings. The maximum atomic E-state index is 12.8. The van der Waals surface area contributed by atoms with Gasteiger partial charge in [0.05, 0.1) is 9.13 Å². The maximum absolute atomic E-state index is 12.8. The number of thiophene rings is 1. The van der Waals surface area contributed by atoms with E-state index in [2.05, 4.69) is 19.1 Å². The molecule has 0 aliphatic carbocycles. The lowest BCUT2D eigenvalue weighted by atomic mass is 10.0. The van der Waals surface area contributed by atoms with Gasteiger partial charge in [0.2, 0.25) is 0 Å². The molecule has 0 radical (unpaired) electrons. The summed E-state index contributed by atoms with van der Waals surface area (Å²) < 4.78 is 1.12. The Morgan fingerprint density at radius 3 is 2.56 bits per heavy atom. The summed E-state index contributed by atoms with van der Waals surface area (Å²) in [6.07, 6.45) is 1.25. The summed E-state index contributed by atoms with van der Waals surface area (Å²) in [5.74, 6) is 0.0341. The number of hydrogen-bond donors (Lipinski definition) is 0. The van der Waals surface area contributed by atoms with E-state index in [1.807, 2.05) is 24.3 Å². The minimum atomic E-state index is -0.398. The van der Waals surface area contributed by atoms with Crippen molar-refractivity contribution in [3.05, 3.63) is 92.8 Å². The number of nitro groups is 1. The third-order valence-corrected chi connectivity index (χ3v) is 6.82. The van der Waals surface area contributed by atoms with E-state index in [0.29, 0.717) is 5.56 Å². The van der Waals surface area contributed by atoms with Crippen LogP contribution in [0.2, 0.25) is 0 Å². The molecule has 2 aromatic carbocycles. The second-order valence-electron chi connectivity index (χ2n) is 6.03. The molecule has 0 saturated carbocycles. The number of non-ortho nitro benzene ring substituents is 1. The number of rotatable bonds is 8. The zero-order valence-corrected chi connectivity index (χ0v) is 16.5. The van der Waals surface area contributed by atoms with Crippen LogP contribution in [0, 0.1) is 10.1 Å². The van der Waals surface area contributed by atoms with E-state index >= 15 is 0 Å². The number of carbonyl (C=O) groups is 1. The van der Waals surface area contributed by atoms with E-state index in [4.69, 9.17) is 0 Å². The first-order valence-corrected chi connectivity index (χ1v) is 10.3. The van der Waals surface area contributed by atoms with Crippen molar-refractivity contribution < 1.29 is 9.72 Å². The van der Waals surface area contributed by atoms with E-state index in [-0.39, 0.29) is 23.1 Å². The monoisotopic (exact) mass is 397 g/mol. The van der Waals surface area contributed by atoms with Gasteiger partial charge in [-0.05, 0) is 24.1 Å². The average Bonchev–Trinajstić information content (AvgIpc) is 3.16. The lowest BCUT2D eigenvalue weighted by Crippen LogP contribution is -2.05. The molecular formula is C21H19NO3S2. The van der Waals surface area contributed by atoms with Gasteiger partial charge in [0, 0.05) is 34.2 Å². The van der Waals surface area contributed by atoms with Crippen LogP contribution in [-0.2, 0) is 6.42 Å². The van der Waals surface area contributed by atoms with Gasteiger partial charge < -0.3 is 0 Å². The normalized spacial score (nSPS) is 11.9. The molecule has 1 aromatic heterocycles. The van der Waals surface area contributed by atoms with Crippen LogP contribution < -0.4 is 0 Å². The van der Waals surface area contributed by atoms with Gasteiger partial charge in [0.25, 0.3) is 5.69 Å². The van der Waals surface area contributed by atoms with Crippen LogP contribution in [0.5, 0.6) is 0 Å². The maximum Gasteiger partial charge on any atom is 0.269 e. The van der Waals surface area contributed by atoms with Crippen molar-refractivity contribution in [1.29, 1.82) is 0 Å². The van der Waals surface area contributed by atoms with Crippen LogP contribution in [0.3, 0.4) is 0 Å². The topological polar surface area (TPSA) is 60.2 Å². The highest BCUT2D eigenvalue weighted by molar-refractivity contribution is 8.01. The molecule has 0 aliphatic heterocycles. The van der Waals surface area contributed by atoms with Crippen molar-refractivity contribution in [3.8, 4) is 0 Å². The number of hydrogen-bond acceptors (Lipinski definition) is 5. The first kappa shape index (κ1) is 19.3. The molecule has 0 spiro atoms. The molecule has 3 aromatic rings. The van der Waals surface area contributed by atoms with Crippen molar-refractivity contribution in [3.63, 3.8) is 0 Å². The molecule has 6 heteroatoms. The summed E-state index contributed by atoms with van der Waals surface area (Å²) in [6.45, 7) is 2.11. The van der Waals surface area contributed by atoms with E-state index in [1.54, 1.807) is 47.4 Å². The molecule has 0 N–H and O–H groups in total. The number of thioether (sulfide) groups is 1. The van der Waals surface area contributed by atoms with Gasteiger partial charge in [-0.25, -0.2) is 0 Å². The van der Waals surface area contributed by atoms with Gasteiger partial charge in [0.15, 0.2) is 5.78 Å². The number of carbonyl (C=O) groups excluding carboxylic acids is 1. The number of benzene rings is 2. The Morgan fingerprint density at radius 1 is 1.11 bits per heavy atom. The second-order valence-corrected chi connectivity index (χ2v) is 8.70. The highest BCUT2D eigenvalue weighted by Crippen LogP contribution is 2.42. The van der Waals surface area contributed by atoms with E-state index < -0.39 is 4.92 Å². The Bertz CT molecular complexity index is 937.